The fourth-order valence-corrected chi connectivity index (χ4v) is 2.74. The first-order chi connectivity index (χ1) is 12.9. The van der Waals surface area contributed by atoms with Crippen molar-refractivity contribution >= 4 is 17.7 Å². The first kappa shape index (κ1) is 21.9. The lowest BCUT2D eigenvalue weighted by molar-refractivity contribution is -0.137. The van der Waals surface area contributed by atoms with E-state index in [0.29, 0.717) is 13.0 Å². The molecule has 0 bridgehead atoms. The summed E-state index contributed by atoms with van der Waals surface area (Å²) in [5.41, 5.74) is -1.24. The number of imide groups is 1. The number of alkyl halides is 3. The largest absolute Gasteiger partial charge is 0.443 e. The maximum Gasteiger partial charge on any atom is 0.421 e. The van der Waals surface area contributed by atoms with Gasteiger partial charge in [-0.3, -0.25) is 4.79 Å². The van der Waals surface area contributed by atoms with Crippen molar-refractivity contribution in [1.82, 2.24) is 4.90 Å². The van der Waals surface area contributed by atoms with Crippen LogP contribution in [0.25, 0.3) is 5.70 Å². The van der Waals surface area contributed by atoms with E-state index in [4.69, 9.17) is 9.47 Å². The summed E-state index contributed by atoms with van der Waals surface area (Å²) in [4.78, 5) is 25.7. The number of carbonyl (C=O) groups excluding carboxylic acids is 2. The van der Waals surface area contributed by atoms with Gasteiger partial charge >= 0.3 is 12.3 Å². The fraction of sp³-hybridized carbons (Fsp3) is 0.500. The van der Waals surface area contributed by atoms with Gasteiger partial charge in [-0.05, 0) is 57.4 Å². The van der Waals surface area contributed by atoms with Crippen molar-refractivity contribution in [1.29, 1.82) is 0 Å². The van der Waals surface area contributed by atoms with Gasteiger partial charge in [-0.2, -0.15) is 13.2 Å². The van der Waals surface area contributed by atoms with Crippen LogP contribution in [0.5, 0.6) is 0 Å². The minimum atomic E-state index is -4.48. The van der Waals surface area contributed by atoms with E-state index in [0.717, 1.165) is 23.5 Å². The molecule has 154 valence electrons. The van der Waals surface area contributed by atoms with Gasteiger partial charge in [-0.15, -0.1) is 0 Å². The molecule has 1 fully saturated rings. The molecule has 8 heteroatoms. The molecule has 1 atom stereocenters. The molecule has 2 rings (SSSR count). The van der Waals surface area contributed by atoms with Gasteiger partial charge in [-0.25, -0.2) is 9.69 Å². The highest BCUT2D eigenvalue weighted by Crippen LogP contribution is 2.32. The van der Waals surface area contributed by atoms with Crippen LogP contribution in [0, 0.1) is 0 Å². The third-order valence-corrected chi connectivity index (χ3v) is 3.95. The Balaban J connectivity index is 2.48. The number of hydrogen-bond acceptors (Lipinski definition) is 4. The number of nitrogens with zero attached hydrogens (tertiary/aromatic N) is 1. The normalized spacial score (nSPS) is 18.1. The second kappa shape index (κ2) is 8.34. The zero-order valence-corrected chi connectivity index (χ0v) is 16.3. The summed E-state index contributed by atoms with van der Waals surface area (Å²) < 4.78 is 49.5. The van der Waals surface area contributed by atoms with Crippen molar-refractivity contribution in [2.75, 3.05) is 6.61 Å². The Bertz CT molecular complexity index is 742. The van der Waals surface area contributed by atoms with Crippen molar-refractivity contribution in [3.8, 4) is 0 Å². The number of rotatable bonds is 3. The molecule has 1 heterocycles. The van der Waals surface area contributed by atoms with Crippen LogP contribution in [0.3, 0.4) is 0 Å². The van der Waals surface area contributed by atoms with Gasteiger partial charge in [-0.1, -0.05) is 12.1 Å². The molecule has 1 saturated heterocycles. The van der Waals surface area contributed by atoms with E-state index in [9.17, 15) is 22.8 Å². The molecule has 1 unspecified atom stereocenters. The van der Waals surface area contributed by atoms with Gasteiger partial charge in [0.2, 0.25) is 5.91 Å². The number of benzene rings is 1. The van der Waals surface area contributed by atoms with Gasteiger partial charge in [0, 0.05) is 13.5 Å². The Kier molecular flexibility index (Phi) is 6.54. The lowest BCUT2D eigenvalue weighted by atomic mass is 10.1. The van der Waals surface area contributed by atoms with E-state index in [1.54, 1.807) is 26.8 Å². The second-order valence-corrected chi connectivity index (χ2v) is 7.51. The number of halogens is 3. The van der Waals surface area contributed by atoms with Crippen molar-refractivity contribution < 1.29 is 32.2 Å². The highest BCUT2D eigenvalue weighted by atomic mass is 19.4. The van der Waals surface area contributed by atoms with Crippen molar-refractivity contribution in [2.45, 2.75) is 58.4 Å². The Labute approximate surface area is 162 Å². The lowest BCUT2D eigenvalue weighted by Gasteiger charge is -2.28. The van der Waals surface area contributed by atoms with Crippen molar-refractivity contribution in [3.63, 3.8) is 0 Å². The van der Waals surface area contributed by atoms with E-state index in [1.165, 1.54) is 19.1 Å². The SMILES string of the molecule is CC(=O)N(C(=O)OC(C)(C)C)/C(=C/C1CCCO1)c1ccc(C(F)(F)F)cc1. The van der Waals surface area contributed by atoms with Gasteiger partial charge in [0.25, 0.3) is 0 Å². The molecule has 0 aromatic heterocycles. The zero-order valence-electron chi connectivity index (χ0n) is 16.3. The van der Waals surface area contributed by atoms with Crippen LogP contribution in [0.15, 0.2) is 30.3 Å². The third-order valence-electron chi connectivity index (χ3n) is 3.95. The molecule has 2 amide bonds. The Morgan fingerprint density at radius 3 is 2.21 bits per heavy atom. The summed E-state index contributed by atoms with van der Waals surface area (Å²) in [5, 5.41) is 0. The first-order valence-corrected chi connectivity index (χ1v) is 8.93. The predicted octanol–water partition coefficient (Wildman–Crippen LogP) is 5.01. The molecule has 0 spiro atoms. The second-order valence-electron chi connectivity index (χ2n) is 7.51. The molecule has 0 N–H and O–H groups in total. The highest BCUT2D eigenvalue weighted by Gasteiger charge is 2.32. The maximum atomic E-state index is 12.9. The quantitative estimate of drug-likeness (QED) is 0.717. The Morgan fingerprint density at radius 1 is 1.18 bits per heavy atom. The number of carbonyl (C=O) groups is 2. The minimum Gasteiger partial charge on any atom is -0.443 e. The van der Waals surface area contributed by atoms with Crippen molar-refractivity contribution in [3.05, 3.63) is 41.5 Å². The Hall–Kier alpha value is -2.35. The summed E-state index contributed by atoms with van der Waals surface area (Å²) in [5.74, 6) is -0.613. The molecule has 0 saturated carbocycles. The third kappa shape index (κ3) is 5.82. The van der Waals surface area contributed by atoms with Gasteiger partial charge in [0.15, 0.2) is 0 Å². The first-order valence-electron chi connectivity index (χ1n) is 8.93. The average Bonchev–Trinajstić information content (AvgIpc) is 3.04. The summed E-state index contributed by atoms with van der Waals surface area (Å²) >= 11 is 0. The van der Waals surface area contributed by atoms with E-state index >= 15 is 0 Å². The van der Waals surface area contributed by atoms with Crippen LogP contribution in [0.2, 0.25) is 0 Å². The zero-order chi connectivity index (χ0) is 21.1. The van der Waals surface area contributed by atoms with Crippen LogP contribution in [-0.4, -0.2) is 35.2 Å². The minimum absolute atomic E-state index is 0.141. The molecule has 1 aromatic carbocycles. The van der Waals surface area contributed by atoms with E-state index in [2.05, 4.69) is 0 Å². The summed E-state index contributed by atoms with van der Waals surface area (Å²) in [6.07, 6.45) is -2.65. The summed E-state index contributed by atoms with van der Waals surface area (Å²) in [7, 11) is 0. The van der Waals surface area contributed by atoms with Gasteiger partial charge in [0.1, 0.15) is 5.60 Å². The van der Waals surface area contributed by atoms with Crippen LogP contribution in [0.1, 0.15) is 51.7 Å². The van der Waals surface area contributed by atoms with E-state index in [1.807, 2.05) is 0 Å². The topological polar surface area (TPSA) is 55.8 Å². The fourth-order valence-electron chi connectivity index (χ4n) is 2.74. The predicted molar refractivity (Wildman–Crippen MR) is 97.1 cm³/mol. The maximum absolute atomic E-state index is 12.9. The molecule has 1 aliphatic heterocycles. The molecule has 0 aliphatic carbocycles. The molecule has 5 nitrogen and oxygen atoms in total. The molecule has 28 heavy (non-hydrogen) atoms. The Morgan fingerprint density at radius 2 is 1.79 bits per heavy atom. The van der Waals surface area contributed by atoms with Gasteiger partial charge in [0.05, 0.1) is 17.4 Å². The average molecular weight is 399 g/mol. The molecular formula is C20H24F3NO4. The van der Waals surface area contributed by atoms with Crippen LogP contribution in [-0.2, 0) is 20.4 Å². The van der Waals surface area contributed by atoms with Crippen LogP contribution >= 0.6 is 0 Å². The monoisotopic (exact) mass is 399 g/mol. The number of amides is 2. The smallest absolute Gasteiger partial charge is 0.421 e. The summed E-state index contributed by atoms with van der Waals surface area (Å²) in [6.45, 7) is 6.70. The van der Waals surface area contributed by atoms with Crippen LogP contribution in [0.4, 0.5) is 18.0 Å². The highest BCUT2D eigenvalue weighted by molar-refractivity contribution is 6.00. The van der Waals surface area contributed by atoms with E-state index < -0.39 is 29.3 Å². The number of ether oxygens (including phenoxy) is 2. The standard InChI is InChI=1S/C20H24F3NO4/c1-13(25)24(18(26)28-19(2,3)4)17(12-16-6-5-11-27-16)14-7-9-15(10-8-14)20(21,22)23/h7-10,12,16H,5-6,11H2,1-4H3/b17-12+. The molecule has 1 aliphatic rings. The van der Waals surface area contributed by atoms with E-state index in [-0.39, 0.29) is 17.4 Å². The van der Waals surface area contributed by atoms with Gasteiger partial charge < -0.3 is 9.47 Å². The lowest BCUT2D eigenvalue weighted by Crippen LogP contribution is -2.39. The van der Waals surface area contributed by atoms with Crippen LogP contribution < -0.4 is 0 Å². The summed E-state index contributed by atoms with van der Waals surface area (Å²) in [6, 6.07) is 4.27. The molecule has 1 aromatic rings. The van der Waals surface area contributed by atoms with Crippen molar-refractivity contribution in [2.24, 2.45) is 0 Å². The molecule has 0 radical (unpaired) electrons. The number of hydrogen-bond donors (Lipinski definition) is 0. The molecular weight excluding hydrogens is 375 g/mol.